The first kappa shape index (κ1) is 20.2. The Balaban J connectivity index is 1.27. The van der Waals surface area contributed by atoms with Gasteiger partial charge in [-0.15, -0.1) is 15.3 Å². The minimum atomic E-state index is 0.0986. The first-order chi connectivity index (χ1) is 15.2. The van der Waals surface area contributed by atoms with E-state index < -0.39 is 0 Å². The van der Waals surface area contributed by atoms with Gasteiger partial charge < -0.3 is 10.2 Å². The number of piperidine rings is 1. The molecule has 1 aliphatic heterocycles. The van der Waals surface area contributed by atoms with Crippen LogP contribution in [0.5, 0.6) is 0 Å². The number of halogens is 1. The van der Waals surface area contributed by atoms with Crippen molar-refractivity contribution in [3.63, 3.8) is 0 Å². The molecule has 0 atom stereocenters. The largest absolute Gasteiger partial charge is 0.355 e. The van der Waals surface area contributed by atoms with Crippen LogP contribution < -0.4 is 10.2 Å². The van der Waals surface area contributed by atoms with Gasteiger partial charge in [-0.05, 0) is 62.1 Å². The first-order valence-electron chi connectivity index (χ1n) is 11.2. The second kappa shape index (κ2) is 8.83. The van der Waals surface area contributed by atoms with Crippen LogP contribution >= 0.6 is 11.6 Å². The highest BCUT2D eigenvalue weighted by Crippen LogP contribution is 2.25. The molecule has 8 heteroatoms. The predicted octanol–water partition coefficient (Wildman–Crippen LogP) is 4.11. The summed E-state index contributed by atoms with van der Waals surface area (Å²) in [5, 5.41) is 17.3. The van der Waals surface area contributed by atoms with E-state index in [-0.39, 0.29) is 11.8 Å². The van der Waals surface area contributed by atoms with E-state index in [2.05, 4.69) is 20.4 Å². The number of rotatable bonds is 4. The maximum atomic E-state index is 12.7. The van der Waals surface area contributed by atoms with Gasteiger partial charge in [-0.1, -0.05) is 30.9 Å². The van der Waals surface area contributed by atoms with Gasteiger partial charge in [0.15, 0.2) is 11.5 Å². The molecule has 1 aliphatic carbocycles. The molecule has 162 valence electrons. The summed E-state index contributed by atoms with van der Waals surface area (Å²) in [6.45, 7) is 1.64. The number of hydrogen-bond donors (Lipinski definition) is 1. The van der Waals surface area contributed by atoms with Crippen molar-refractivity contribution < 1.29 is 4.79 Å². The van der Waals surface area contributed by atoms with E-state index >= 15 is 0 Å². The second-order valence-electron chi connectivity index (χ2n) is 8.60. The van der Waals surface area contributed by atoms with Gasteiger partial charge in [0.2, 0.25) is 5.91 Å². The lowest BCUT2D eigenvalue weighted by atomic mass is 9.92. The summed E-state index contributed by atoms with van der Waals surface area (Å²) in [5.41, 5.74) is 1.62. The molecule has 5 rings (SSSR count). The monoisotopic (exact) mass is 438 g/mol. The number of benzene rings is 1. The van der Waals surface area contributed by atoms with Crippen LogP contribution in [0.1, 0.15) is 44.9 Å². The fourth-order valence-electron chi connectivity index (χ4n) is 4.66. The van der Waals surface area contributed by atoms with Gasteiger partial charge in [0.25, 0.3) is 0 Å². The molecule has 1 saturated carbocycles. The molecule has 1 N–H and O–H groups in total. The maximum absolute atomic E-state index is 12.7. The van der Waals surface area contributed by atoms with Crippen molar-refractivity contribution in [2.45, 2.75) is 51.0 Å². The summed E-state index contributed by atoms with van der Waals surface area (Å²) in [6, 6.07) is 11.8. The van der Waals surface area contributed by atoms with Gasteiger partial charge in [-0.25, -0.2) is 0 Å². The van der Waals surface area contributed by atoms with Gasteiger partial charge in [-0.3, -0.25) is 4.79 Å². The highest BCUT2D eigenvalue weighted by atomic mass is 35.5. The minimum Gasteiger partial charge on any atom is -0.355 e. The van der Waals surface area contributed by atoms with Crippen LogP contribution in [0.3, 0.4) is 0 Å². The standard InChI is InChI=1S/C23H27ClN6O/c24-18-8-6-16(7-9-18)22-27-26-20-10-11-21(28-30(20)22)29-14-12-17(13-15-29)23(31)25-19-4-2-1-3-5-19/h6-11,17,19H,1-5,12-15H2,(H,25,31). The topological polar surface area (TPSA) is 75.4 Å². The Morgan fingerprint density at radius 1 is 0.935 bits per heavy atom. The third-order valence-corrected chi connectivity index (χ3v) is 6.74. The molecule has 2 aliphatic rings. The Bertz CT molecular complexity index is 1050. The Hall–Kier alpha value is -2.67. The molecular formula is C23H27ClN6O. The lowest BCUT2D eigenvalue weighted by Gasteiger charge is -2.33. The third kappa shape index (κ3) is 4.37. The fraction of sp³-hybridized carbons (Fsp3) is 0.478. The Kier molecular flexibility index (Phi) is 5.76. The quantitative estimate of drug-likeness (QED) is 0.663. The first-order valence-corrected chi connectivity index (χ1v) is 11.6. The van der Waals surface area contributed by atoms with Crippen molar-refractivity contribution in [1.29, 1.82) is 0 Å². The van der Waals surface area contributed by atoms with Crippen LogP contribution in [0, 0.1) is 5.92 Å². The molecule has 1 aromatic carbocycles. The van der Waals surface area contributed by atoms with Gasteiger partial charge >= 0.3 is 0 Å². The van der Waals surface area contributed by atoms with E-state index in [0.29, 0.717) is 22.5 Å². The number of anilines is 1. The number of carbonyl (C=O) groups is 1. The smallest absolute Gasteiger partial charge is 0.223 e. The molecule has 0 spiro atoms. The lowest BCUT2D eigenvalue weighted by molar-refractivity contribution is -0.126. The van der Waals surface area contributed by atoms with Crippen LogP contribution in [0.25, 0.3) is 17.0 Å². The molecule has 7 nitrogen and oxygen atoms in total. The van der Waals surface area contributed by atoms with Gasteiger partial charge in [-0.2, -0.15) is 4.52 Å². The van der Waals surface area contributed by atoms with Crippen LogP contribution in [0.15, 0.2) is 36.4 Å². The van der Waals surface area contributed by atoms with Gasteiger partial charge in [0, 0.05) is 35.6 Å². The summed E-state index contributed by atoms with van der Waals surface area (Å²) in [5.74, 6) is 1.91. The fourth-order valence-corrected chi connectivity index (χ4v) is 4.79. The molecule has 31 heavy (non-hydrogen) atoms. The number of fused-ring (bicyclic) bond motifs is 1. The van der Waals surface area contributed by atoms with E-state index in [9.17, 15) is 4.79 Å². The molecule has 3 heterocycles. The SMILES string of the molecule is O=C(NC1CCCCC1)C1CCN(c2ccc3nnc(-c4ccc(Cl)cc4)n3n2)CC1. The molecule has 2 aromatic heterocycles. The molecule has 1 saturated heterocycles. The number of nitrogens with zero attached hydrogens (tertiary/aromatic N) is 5. The van der Waals surface area contributed by atoms with Crippen LogP contribution in [-0.2, 0) is 4.79 Å². The Morgan fingerprint density at radius 3 is 2.42 bits per heavy atom. The van der Waals surface area contributed by atoms with E-state index in [0.717, 1.165) is 50.2 Å². The predicted molar refractivity (Wildman–Crippen MR) is 121 cm³/mol. The normalized spacial score (nSPS) is 18.4. The molecule has 0 radical (unpaired) electrons. The van der Waals surface area contributed by atoms with Crippen LogP contribution in [0.2, 0.25) is 5.02 Å². The summed E-state index contributed by atoms with van der Waals surface area (Å²) in [7, 11) is 0. The summed E-state index contributed by atoms with van der Waals surface area (Å²) >= 11 is 6.01. The number of amides is 1. The summed E-state index contributed by atoms with van der Waals surface area (Å²) < 4.78 is 1.78. The zero-order valence-electron chi connectivity index (χ0n) is 17.5. The van der Waals surface area contributed by atoms with Gasteiger partial charge in [0.1, 0.15) is 5.82 Å². The van der Waals surface area contributed by atoms with Crippen molar-refractivity contribution in [2.75, 3.05) is 18.0 Å². The molecule has 0 unspecified atom stereocenters. The second-order valence-corrected chi connectivity index (χ2v) is 9.03. The van der Waals surface area contributed by atoms with Crippen LogP contribution in [0.4, 0.5) is 5.82 Å². The van der Waals surface area contributed by atoms with Crippen molar-refractivity contribution in [3.8, 4) is 11.4 Å². The van der Waals surface area contributed by atoms with E-state index in [4.69, 9.17) is 16.7 Å². The molecule has 0 bridgehead atoms. The lowest BCUT2D eigenvalue weighted by Crippen LogP contribution is -2.44. The molecule has 1 amide bonds. The highest BCUT2D eigenvalue weighted by molar-refractivity contribution is 6.30. The highest BCUT2D eigenvalue weighted by Gasteiger charge is 2.28. The van der Waals surface area contributed by atoms with E-state index in [1.54, 1.807) is 4.52 Å². The van der Waals surface area contributed by atoms with Crippen LogP contribution in [-0.4, -0.2) is 44.8 Å². The van der Waals surface area contributed by atoms with E-state index in [1.165, 1.54) is 19.3 Å². The summed E-state index contributed by atoms with van der Waals surface area (Å²) in [4.78, 5) is 14.9. The van der Waals surface area contributed by atoms with Gasteiger partial charge in [0.05, 0.1) is 0 Å². The van der Waals surface area contributed by atoms with Crippen molar-refractivity contribution in [2.24, 2.45) is 5.92 Å². The van der Waals surface area contributed by atoms with Crippen molar-refractivity contribution in [1.82, 2.24) is 25.1 Å². The Morgan fingerprint density at radius 2 is 1.68 bits per heavy atom. The number of aromatic nitrogens is 4. The van der Waals surface area contributed by atoms with Crippen molar-refractivity contribution >= 4 is 29.0 Å². The minimum absolute atomic E-state index is 0.0986. The number of carbonyl (C=O) groups excluding carboxylic acids is 1. The zero-order valence-corrected chi connectivity index (χ0v) is 18.3. The van der Waals surface area contributed by atoms with Crippen molar-refractivity contribution in [3.05, 3.63) is 41.4 Å². The summed E-state index contributed by atoms with van der Waals surface area (Å²) in [6.07, 6.45) is 7.73. The molecular weight excluding hydrogens is 412 g/mol. The zero-order chi connectivity index (χ0) is 21.2. The molecule has 3 aromatic rings. The Labute approximate surface area is 186 Å². The average molecular weight is 439 g/mol. The maximum Gasteiger partial charge on any atom is 0.223 e. The third-order valence-electron chi connectivity index (χ3n) is 6.49. The average Bonchev–Trinajstić information content (AvgIpc) is 3.24. The number of hydrogen-bond acceptors (Lipinski definition) is 5. The van der Waals surface area contributed by atoms with E-state index in [1.807, 2.05) is 36.4 Å². The molecule has 2 fully saturated rings. The number of nitrogens with one attached hydrogen (secondary N) is 1.